The van der Waals surface area contributed by atoms with Crippen molar-refractivity contribution in [3.05, 3.63) is 197 Å². The largest absolute Gasteiger partial charge is 0.477 e. The van der Waals surface area contributed by atoms with Gasteiger partial charge >= 0.3 is 5.97 Å². The van der Waals surface area contributed by atoms with Gasteiger partial charge in [0.15, 0.2) is 5.78 Å². The Morgan fingerprint density at radius 3 is 1.65 bits per heavy atom. The van der Waals surface area contributed by atoms with Crippen molar-refractivity contribution < 1.29 is 24.3 Å². The van der Waals surface area contributed by atoms with Crippen LogP contribution in [0.5, 0.6) is 0 Å². The molecule has 2 amide bonds. The van der Waals surface area contributed by atoms with Gasteiger partial charge in [0.25, 0.3) is 11.1 Å². The lowest BCUT2D eigenvalue weighted by molar-refractivity contribution is -0.115. The average Bonchev–Trinajstić information content (AvgIpc) is 3.84. The van der Waals surface area contributed by atoms with Crippen molar-refractivity contribution >= 4 is 70.3 Å². The number of hydrogen-bond donors (Lipinski definition) is 4. The number of amides is 2. The molecule has 0 spiro atoms. The van der Waals surface area contributed by atoms with E-state index < -0.39 is 11.5 Å². The highest BCUT2D eigenvalue weighted by molar-refractivity contribution is 6.29. The smallest absolute Gasteiger partial charge is 0.341 e. The van der Waals surface area contributed by atoms with Crippen LogP contribution in [0.3, 0.4) is 0 Å². The monoisotopic (exact) mass is 885 g/mol. The number of ketones is 1. The van der Waals surface area contributed by atoms with Gasteiger partial charge in [-0.05, 0) is 88.3 Å². The third kappa shape index (κ3) is 12.6. The minimum atomic E-state index is -1.23. The number of nitrogens with one attached hydrogen (secondary N) is 2. The number of benzene rings is 2. The molecule has 0 unspecified atom stereocenters. The van der Waals surface area contributed by atoms with Crippen LogP contribution in [0.15, 0.2) is 131 Å². The van der Waals surface area contributed by atoms with Crippen molar-refractivity contribution in [2.75, 3.05) is 17.2 Å². The minimum Gasteiger partial charge on any atom is -0.477 e. The molecule has 8 rings (SSSR count). The molecule has 2 aliphatic heterocycles. The lowest BCUT2D eigenvalue weighted by atomic mass is 10.1. The highest BCUT2D eigenvalue weighted by atomic mass is 35.5. The van der Waals surface area contributed by atoms with Gasteiger partial charge in [-0.2, -0.15) is 0 Å². The van der Waals surface area contributed by atoms with Crippen LogP contribution in [0.1, 0.15) is 66.9 Å². The van der Waals surface area contributed by atoms with Crippen molar-refractivity contribution in [1.29, 1.82) is 0 Å². The van der Waals surface area contributed by atoms with Crippen molar-refractivity contribution in [3.63, 3.8) is 0 Å². The van der Waals surface area contributed by atoms with Crippen molar-refractivity contribution in [1.82, 2.24) is 19.1 Å². The van der Waals surface area contributed by atoms with Crippen LogP contribution >= 0.6 is 23.2 Å². The molecular formula is C47H41Cl2N7O7. The van der Waals surface area contributed by atoms with Crippen LogP contribution in [0.2, 0.25) is 10.3 Å². The van der Waals surface area contributed by atoms with Crippen LogP contribution in [0.25, 0.3) is 12.2 Å². The van der Waals surface area contributed by atoms with E-state index in [2.05, 4.69) is 20.6 Å². The van der Waals surface area contributed by atoms with Crippen molar-refractivity contribution in [2.24, 2.45) is 5.73 Å². The number of carbonyl (C=O) groups is 4. The fraction of sp³-hybridized carbons (Fsp3) is 0.149. The van der Waals surface area contributed by atoms with Crippen molar-refractivity contribution in [3.8, 4) is 0 Å². The van der Waals surface area contributed by atoms with Gasteiger partial charge in [0.2, 0.25) is 11.8 Å². The van der Waals surface area contributed by atoms with E-state index in [1.165, 1.54) is 27.5 Å². The summed E-state index contributed by atoms with van der Waals surface area (Å²) in [6.07, 6.45) is 15.6. The Hall–Kier alpha value is -7.26. The van der Waals surface area contributed by atoms with Crippen molar-refractivity contribution in [2.45, 2.75) is 38.8 Å². The molecule has 16 heteroatoms. The predicted molar refractivity (Wildman–Crippen MR) is 243 cm³/mol. The number of fused-ring (bicyclic) bond motifs is 2. The molecule has 2 aliphatic rings. The Balaban J connectivity index is 0.000000174. The van der Waals surface area contributed by atoms with E-state index in [0.29, 0.717) is 42.7 Å². The maximum absolute atomic E-state index is 12.7. The number of carboxylic acids is 1. The van der Waals surface area contributed by atoms with Gasteiger partial charge in [0.1, 0.15) is 15.9 Å². The second-order valence-electron chi connectivity index (χ2n) is 14.3. The van der Waals surface area contributed by atoms with E-state index in [1.807, 2.05) is 60.7 Å². The quantitative estimate of drug-likeness (QED) is 0.0737. The summed E-state index contributed by atoms with van der Waals surface area (Å²) in [6.45, 7) is 1.10. The summed E-state index contributed by atoms with van der Waals surface area (Å²) in [5.41, 5.74) is 11.9. The number of nitrogens with zero attached hydrogens (tertiary/aromatic N) is 4. The van der Waals surface area contributed by atoms with Gasteiger partial charge in [0, 0.05) is 49.1 Å². The Morgan fingerprint density at radius 2 is 1.17 bits per heavy atom. The first kappa shape index (κ1) is 45.3. The molecule has 0 saturated carbocycles. The number of nitrogens with two attached hydrogens (primary N) is 1. The number of carbonyl (C=O) groups excluding carboxylic acids is 3. The predicted octanol–water partition coefficient (Wildman–Crippen LogP) is 6.91. The number of anilines is 2. The summed E-state index contributed by atoms with van der Waals surface area (Å²) in [7, 11) is 0. The Kier molecular flexibility index (Phi) is 15.5. The van der Waals surface area contributed by atoms with Crippen LogP contribution in [0, 0.1) is 0 Å². The second-order valence-corrected chi connectivity index (χ2v) is 15.1. The summed E-state index contributed by atoms with van der Waals surface area (Å²) < 4.78 is 2.81. The summed E-state index contributed by atoms with van der Waals surface area (Å²) in [5.74, 6) is -1.36. The van der Waals surface area contributed by atoms with E-state index in [9.17, 15) is 28.8 Å². The fourth-order valence-corrected chi connectivity index (χ4v) is 6.76. The van der Waals surface area contributed by atoms with E-state index in [4.69, 9.17) is 34.0 Å². The summed E-state index contributed by atoms with van der Waals surface area (Å²) in [4.78, 5) is 78.4. The number of hydrogen-bond acceptors (Lipinski definition) is 9. The molecular weight excluding hydrogens is 845 g/mol. The van der Waals surface area contributed by atoms with Gasteiger partial charge < -0.3 is 30.6 Å². The maximum Gasteiger partial charge on any atom is 0.341 e. The number of allylic oxidation sites excluding steroid dienone is 1. The molecule has 0 saturated heterocycles. The number of rotatable bonds is 12. The molecule has 320 valence electrons. The molecule has 0 aliphatic carbocycles. The van der Waals surface area contributed by atoms with Crippen LogP contribution in [0.4, 0.5) is 11.4 Å². The maximum atomic E-state index is 12.7. The van der Waals surface area contributed by atoms with Crippen LogP contribution in [-0.4, -0.2) is 54.3 Å². The van der Waals surface area contributed by atoms with E-state index in [-0.39, 0.29) is 47.2 Å². The molecule has 63 heavy (non-hydrogen) atoms. The number of Topliss-reactive ketones (excluding diaryl/α,β-unsaturated/α-hetero) is 1. The Bertz CT molecular complexity index is 2840. The molecule has 0 bridgehead atoms. The van der Waals surface area contributed by atoms with Crippen LogP contribution in [-0.2, 0) is 35.5 Å². The Labute approximate surface area is 371 Å². The summed E-state index contributed by atoms with van der Waals surface area (Å²) in [6, 6.07) is 24.6. The molecule has 0 fully saturated rings. The topological polar surface area (TPSA) is 208 Å². The molecule has 6 aromatic rings. The zero-order chi connectivity index (χ0) is 44.9. The molecule has 14 nitrogen and oxygen atoms in total. The zero-order valence-electron chi connectivity index (χ0n) is 33.7. The number of halogens is 2. The van der Waals surface area contributed by atoms with Gasteiger partial charge in [-0.1, -0.05) is 83.9 Å². The van der Waals surface area contributed by atoms with Gasteiger partial charge in [-0.25, -0.2) is 14.8 Å². The first-order valence-electron chi connectivity index (χ1n) is 19.6. The number of pyridine rings is 4. The SMILES string of the molecule is NC/C=C/c1ccc2c(c1)NC(=O)C2.O=C(O)c1cccn(Cc2ccc(Cl)nc2)c1=O.O=C1Cc2ccc(/C=C/CCC(=O)c3cccn(Cc4ccc(Cl)nc4)c3=O)cc2N1. The molecule has 6 heterocycles. The number of aromatic nitrogens is 4. The van der Waals surface area contributed by atoms with E-state index in [1.54, 1.807) is 55.0 Å². The standard InChI is InChI=1S/C24H20ClN3O3.C12H9ClN2O3.C11H12N2O/c25-22-10-8-17(14-26-22)15-28-11-3-5-19(24(28)31)21(29)6-2-1-4-16-7-9-18-13-23(30)27-20(18)12-16;13-10-4-3-8(6-14-10)7-15-5-1-2-9(11(15)16)12(17)18;12-5-1-2-8-3-4-9-7-11(14)13-10(9)6-8/h1,3-5,7-12,14H,2,6,13,15H2,(H,27,30);1-6H,7H2,(H,17,18);1-4,6H,5,7,12H2,(H,13,14)/b4-1+;;2-1+. The summed E-state index contributed by atoms with van der Waals surface area (Å²) >= 11 is 11.5. The highest BCUT2D eigenvalue weighted by Crippen LogP contribution is 2.25. The highest BCUT2D eigenvalue weighted by Gasteiger charge is 2.18. The first-order valence-corrected chi connectivity index (χ1v) is 20.4. The molecule has 5 N–H and O–H groups in total. The minimum absolute atomic E-state index is 0.00238. The van der Waals surface area contributed by atoms with E-state index in [0.717, 1.165) is 44.8 Å². The van der Waals surface area contributed by atoms with Gasteiger partial charge in [-0.3, -0.25) is 24.0 Å². The van der Waals surface area contributed by atoms with Gasteiger partial charge in [0.05, 0.1) is 31.5 Å². The van der Waals surface area contributed by atoms with Crippen LogP contribution < -0.4 is 27.5 Å². The zero-order valence-corrected chi connectivity index (χ0v) is 35.2. The molecule has 2 aromatic carbocycles. The lowest BCUT2D eigenvalue weighted by Crippen LogP contribution is -2.26. The molecule has 0 atom stereocenters. The third-order valence-electron chi connectivity index (χ3n) is 9.67. The molecule has 0 radical (unpaired) electrons. The average molecular weight is 887 g/mol. The van der Waals surface area contributed by atoms with E-state index >= 15 is 0 Å². The number of carboxylic acid groups (broad SMARTS) is 1. The molecule has 4 aromatic heterocycles. The number of aromatic carboxylic acids is 1. The van der Waals surface area contributed by atoms with Gasteiger partial charge in [-0.15, -0.1) is 0 Å². The third-order valence-corrected chi connectivity index (χ3v) is 10.1. The Morgan fingerprint density at radius 1 is 0.683 bits per heavy atom. The summed E-state index contributed by atoms with van der Waals surface area (Å²) in [5, 5.41) is 15.2. The fourth-order valence-electron chi connectivity index (χ4n) is 6.53. The first-order chi connectivity index (χ1) is 30.4. The second kappa shape index (κ2) is 21.5. The normalized spacial score (nSPS) is 12.4. The lowest BCUT2D eigenvalue weighted by Gasteiger charge is -2.07.